The van der Waals surface area contributed by atoms with Crippen LogP contribution in [0.15, 0.2) is 53.2 Å². The molecule has 0 amide bonds. The van der Waals surface area contributed by atoms with Crippen molar-refractivity contribution in [2.24, 2.45) is 0 Å². The molecule has 0 spiro atoms. The summed E-state index contributed by atoms with van der Waals surface area (Å²) in [6, 6.07) is 16.0. The van der Waals surface area contributed by atoms with Gasteiger partial charge in [0, 0.05) is 23.4 Å². The van der Waals surface area contributed by atoms with Crippen molar-refractivity contribution in [1.82, 2.24) is 19.7 Å². The summed E-state index contributed by atoms with van der Waals surface area (Å²) in [5.41, 5.74) is 4.96. The Morgan fingerprint density at radius 2 is 2.06 bits per heavy atom. The fraction of sp³-hybridized carbons (Fsp3) is 0.280. The topological polar surface area (TPSA) is 89.8 Å². The van der Waals surface area contributed by atoms with Crippen LogP contribution in [0, 0.1) is 11.3 Å². The Morgan fingerprint density at radius 3 is 2.94 bits per heavy atom. The molecule has 2 aromatic carbocycles. The average molecular weight is 423 g/mol. The molecule has 0 N–H and O–H groups in total. The van der Waals surface area contributed by atoms with Gasteiger partial charge in [-0.25, -0.2) is 4.98 Å². The minimum Gasteiger partial charge on any atom is -0.378 e. The van der Waals surface area contributed by atoms with E-state index in [1.807, 2.05) is 42.6 Å². The number of benzene rings is 2. The summed E-state index contributed by atoms with van der Waals surface area (Å²) in [6.07, 6.45) is 4.36. The van der Waals surface area contributed by atoms with E-state index in [-0.39, 0.29) is 12.1 Å². The molecule has 1 aliphatic heterocycles. The second-order valence-corrected chi connectivity index (χ2v) is 8.40. The van der Waals surface area contributed by atoms with Crippen LogP contribution in [0.5, 0.6) is 0 Å². The number of rotatable bonds is 3. The molecule has 2 atom stereocenters. The number of nitrogens with zero attached hydrogens (tertiary/aromatic N) is 5. The van der Waals surface area contributed by atoms with Crippen molar-refractivity contribution in [3.05, 3.63) is 65.7 Å². The first-order valence-electron chi connectivity index (χ1n) is 10.9. The van der Waals surface area contributed by atoms with Gasteiger partial charge < -0.3 is 13.8 Å². The van der Waals surface area contributed by atoms with Crippen LogP contribution in [0.25, 0.3) is 32.9 Å². The molecule has 0 radical (unpaired) electrons. The maximum absolute atomic E-state index is 9.47. The van der Waals surface area contributed by atoms with Gasteiger partial charge in [0.1, 0.15) is 11.3 Å². The minimum atomic E-state index is 0.176. The van der Waals surface area contributed by atoms with Gasteiger partial charge in [-0.2, -0.15) is 5.26 Å². The SMILES string of the molecule is C[C@@H]1C[C@H](n2c(Cc3noc4ccccc34)nc3cnc4ccc(C#N)cc4c32)CCO1. The highest BCUT2D eigenvalue weighted by Crippen LogP contribution is 2.35. The molecule has 0 aliphatic carbocycles. The number of ether oxygens (including phenoxy) is 1. The molecule has 0 saturated carbocycles. The Kier molecular flexibility index (Phi) is 4.40. The van der Waals surface area contributed by atoms with Gasteiger partial charge in [0.2, 0.25) is 0 Å². The lowest BCUT2D eigenvalue weighted by Gasteiger charge is -2.30. The summed E-state index contributed by atoms with van der Waals surface area (Å²) in [5.74, 6) is 0.926. The Labute approximate surface area is 184 Å². The van der Waals surface area contributed by atoms with Crippen LogP contribution >= 0.6 is 0 Å². The Balaban J connectivity index is 1.59. The zero-order valence-corrected chi connectivity index (χ0v) is 17.7. The molecule has 158 valence electrons. The van der Waals surface area contributed by atoms with Gasteiger partial charge in [0.15, 0.2) is 5.58 Å². The third kappa shape index (κ3) is 3.03. The van der Waals surface area contributed by atoms with E-state index in [0.717, 1.165) is 57.3 Å². The molecule has 5 aromatic rings. The number of pyridine rings is 1. The van der Waals surface area contributed by atoms with Crippen molar-refractivity contribution in [1.29, 1.82) is 5.26 Å². The fourth-order valence-electron chi connectivity index (χ4n) is 4.84. The summed E-state index contributed by atoms with van der Waals surface area (Å²) in [7, 11) is 0. The van der Waals surface area contributed by atoms with Crippen molar-refractivity contribution in [3.63, 3.8) is 0 Å². The fourth-order valence-corrected chi connectivity index (χ4v) is 4.84. The Hall–Kier alpha value is -3.76. The lowest BCUT2D eigenvalue weighted by molar-refractivity contribution is 0.00630. The normalized spacial score (nSPS) is 19.0. The summed E-state index contributed by atoms with van der Waals surface area (Å²) in [6.45, 7) is 2.83. The highest BCUT2D eigenvalue weighted by Gasteiger charge is 2.27. The summed E-state index contributed by atoms with van der Waals surface area (Å²) in [4.78, 5) is 9.60. The maximum atomic E-state index is 9.47. The summed E-state index contributed by atoms with van der Waals surface area (Å²) < 4.78 is 13.7. The van der Waals surface area contributed by atoms with E-state index in [1.165, 1.54) is 0 Å². The lowest BCUT2D eigenvalue weighted by atomic mass is 10.0. The molecule has 0 unspecified atom stereocenters. The Bertz CT molecular complexity index is 1510. The van der Waals surface area contributed by atoms with E-state index in [2.05, 4.69) is 27.7 Å². The molecule has 3 aromatic heterocycles. The summed E-state index contributed by atoms with van der Waals surface area (Å²) in [5, 5.41) is 15.8. The second-order valence-electron chi connectivity index (χ2n) is 8.40. The van der Waals surface area contributed by atoms with Gasteiger partial charge in [-0.1, -0.05) is 17.3 Å². The number of nitriles is 1. The third-order valence-electron chi connectivity index (χ3n) is 6.32. The molecule has 4 heterocycles. The molecule has 0 bridgehead atoms. The first-order valence-corrected chi connectivity index (χ1v) is 10.9. The monoisotopic (exact) mass is 423 g/mol. The van der Waals surface area contributed by atoms with Crippen LogP contribution in [0.1, 0.15) is 42.9 Å². The van der Waals surface area contributed by atoms with Crippen molar-refractivity contribution >= 4 is 32.9 Å². The Morgan fingerprint density at radius 1 is 1.16 bits per heavy atom. The molecule has 1 aliphatic rings. The largest absolute Gasteiger partial charge is 0.378 e. The van der Waals surface area contributed by atoms with Crippen molar-refractivity contribution in [2.45, 2.75) is 38.3 Å². The van der Waals surface area contributed by atoms with Crippen LogP contribution in [-0.2, 0) is 11.2 Å². The number of imidazole rings is 1. The molecule has 7 nitrogen and oxygen atoms in total. The zero-order valence-electron chi connectivity index (χ0n) is 17.7. The van der Waals surface area contributed by atoms with Crippen LogP contribution < -0.4 is 0 Å². The van der Waals surface area contributed by atoms with Crippen LogP contribution in [-0.4, -0.2) is 32.4 Å². The van der Waals surface area contributed by atoms with Gasteiger partial charge in [-0.3, -0.25) is 4.98 Å². The van der Waals surface area contributed by atoms with Crippen LogP contribution in [0.2, 0.25) is 0 Å². The molecule has 1 fully saturated rings. The number of aromatic nitrogens is 4. The predicted molar refractivity (Wildman–Crippen MR) is 120 cm³/mol. The van der Waals surface area contributed by atoms with E-state index in [0.29, 0.717) is 18.6 Å². The standard InChI is InChI=1S/C25H21N5O2/c1-15-10-17(8-9-31-15)30-24(12-21-18-4-2-3-5-23(18)32-29-21)28-22-14-27-20-7-6-16(13-26)11-19(20)25(22)30/h2-7,11,14-15,17H,8-10,12H2,1H3/t15-,17-/m1/s1. The van der Waals surface area contributed by atoms with Gasteiger partial charge in [0.05, 0.1) is 47.1 Å². The third-order valence-corrected chi connectivity index (χ3v) is 6.32. The highest BCUT2D eigenvalue weighted by molar-refractivity contribution is 6.03. The van der Waals surface area contributed by atoms with E-state index in [4.69, 9.17) is 14.2 Å². The zero-order chi connectivity index (χ0) is 21.7. The number of fused-ring (bicyclic) bond motifs is 4. The van der Waals surface area contributed by atoms with E-state index in [9.17, 15) is 5.26 Å². The number of hydrogen-bond acceptors (Lipinski definition) is 6. The molecular formula is C25H21N5O2. The number of para-hydroxylation sites is 1. The smallest absolute Gasteiger partial charge is 0.167 e. The van der Waals surface area contributed by atoms with E-state index in [1.54, 1.807) is 6.07 Å². The van der Waals surface area contributed by atoms with Crippen molar-refractivity contribution in [2.75, 3.05) is 6.61 Å². The average Bonchev–Trinajstić information content (AvgIpc) is 3.40. The number of hydrogen-bond donors (Lipinski definition) is 0. The predicted octanol–water partition coefficient (Wildman–Crippen LogP) is 4.93. The molecule has 6 rings (SSSR count). The molecular weight excluding hydrogens is 402 g/mol. The van der Waals surface area contributed by atoms with Crippen LogP contribution in [0.4, 0.5) is 0 Å². The molecule has 1 saturated heterocycles. The van der Waals surface area contributed by atoms with Gasteiger partial charge in [-0.05, 0) is 50.1 Å². The second kappa shape index (κ2) is 7.43. The first kappa shape index (κ1) is 19.0. The highest BCUT2D eigenvalue weighted by atomic mass is 16.5. The van der Waals surface area contributed by atoms with E-state index >= 15 is 0 Å². The lowest BCUT2D eigenvalue weighted by Crippen LogP contribution is -2.26. The van der Waals surface area contributed by atoms with Crippen molar-refractivity contribution < 1.29 is 9.26 Å². The van der Waals surface area contributed by atoms with Gasteiger partial charge >= 0.3 is 0 Å². The van der Waals surface area contributed by atoms with Crippen molar-refractivity contribution in [3.8, 4) is 6.07 Å². The van der Waals surface area contributed by atoms with E-state index < -0.39 is 0 Å². The molecule has 7 heteroatoms. The quantitative estimate of drug-likeness (QED) is 0.409. The first-order chi connectivity index (χ1) is 15.7. The van der Waals surface area contributed by atoms with Crippen LogP contribution in [0.3, 0.4) is 0 Å². The van der Waals surface area contributed by atoms with Gasteiger partial charge in [-0.15, -0.1) is 0 Å². The molecule has 32 heavy (non-hydrogen) atoms. The summed E-state index contributed by atoms with van der Waals surface area (Å²) >= 11 is 0. The maximum Gasteiger partial charge on any atom is 0.167 e. The van der Waals surface area contributed by atoms with Gasteiger partial charge in [0.25, 0.3) is 0 Å². The minimum absolute atomic E-state index is 0.176.